The number of methoxy groups -OCH3 is 4. The van der Waals surface area contributed by atoms with Crippen LogP contribution in [0.2, 0.25) is 0 Å². The molecule has 6 nitrogen and oxygen atoms in total. The molecule has 0 spiro atoms. The Labute approximate surface area is 159 Å². The zero-order chi connectivity index (χ0) is 19.1. The van der Waals surface area contributed by atoms with Gasteiger partial charge in [0.05, 0.1) is 34.5 Å². The lowest BCUT2D eigenvalue weighted by molar-refractivity contribution is 0.394. The number of hydrogen-bond acceptors (Lipinski definition) is 5. The van der Waals surface area contributed by atoms with E-state index in [9.17, 15) is 0 Å². The highest BCUT2D eigenvalue weighted by molar-refractivity contribution is 7.80. The van der Waals surface area contributed by atoms with E-state index in [0.717, 1.165) is 22.7 Å². The van der Waals surface area contributed by atoms with Crippen molar-refractivity contribution < 1.29 is 18.9 Å². The normalized spacial score (nSPS) is 11.3. The average molecular weight is 376 g/mol. The molecule has 2 aromatic carbocycles. The van der Waals surface area contributed by atoms with Crippen molar-refractivity contribution in [1.29, 1.82) is 0 Å². The minimum absolute atomic E-state index is 0.0902. The maximum atomic E-state index is 5.44. The van der Waals surface area contributed by atoms with Gasteiger partial charge in [-0.1, -0.05) is 0 Å². The molecule has 1 unspecified atom stereocenters. The van der Waals surface area contributed by atoms with E-state index in [-0.39, 0.29) is 6.04 Å². The zero-order valence-electron chi connectivity index (χ0n) is 15.6. The smallest absolute Gasteiger partial charge is 0.171 e. The molecule has 0 saturated heterocycles. The van der Waals surface area contributed by atoms with Gasteiger partial charge in [0, 0.05) is 29.4 Å². The molecule has 2 N–H and O–H groups in total. The first-order chi connectivity index (χ1) is 12.5. The second kappa shape index (κ2) is 9.15. The molecule has 140 valence electrons. The first kappa shape index (κ1) is 19.7. The third-order valence-electron chi connectivity index (χ3n) is 3.86. The Kier molecular flexibility index (Phi) is 6.91. The molecular formula is C19H24N2O4S. The number of nitrogens with one attached hydrogen (secondary N) is 2. The van der Waals surface area contributed by atoms with Crippen LogP contribution >= 0.6 is 12.2 Å². The summed E-state index contributed by atoms with van der Waals surface area (Å²) in [7, 11) is 6.47. The second-order valence-corrected chi connectivity index (χ2v) is 5.94. The van der Waals surface area contributed by atoms with E-state index in [1.807, 2.05) is 37.3 Å². The monoisotopic (exact) mass is 376 g/mol. The van der Waals surface area contributed by atoms with Crippen LogP contribution in [0.5, 0.6) is 23.0 Å². The minimum atomic E-state index is -0.0902. The van der Waals surface area contributed by atoms with Gasteiger partial charge in [0.25, 0.3) is 0 Å². The number of thiocarbonyl (C=S) groups is 1. The van der Waals surface area contributed by atoms with Crippen molar-refractivity contribution in [1.82, 2.24) is 5.32 Å². The summed E-state index contributed by atoms with van der Waals surface area (Å²) < 4.78 is 21.3. The van der Waals surface area contributed by atoms with Crippen molar-refractivity contribution in [2.75, 3.05) is 33.8 Å². The van der Waals surface area contributed by atoms with Gasteiger partial charge in [-0.15, -0.1) is 0 Å². The Hall–Kier alpha value is -2.67. The summed E-state index contributed by atoms with van der Waals surface area (Å²) in [6.07, 6.45) is 0. The second-order valence-electron chi connectivity index (χ2n) is 5.53. The van der Waals surface area contributed by atoms with Gasteiger partial charge in [-0.05, 0) is 37.3 Å². The Morgan fingerprint density at radius 2 is 1.46 bits per heavy atom. The third-order valence-corrected chi connectivity index (χ3v) is 4.08. The first-order valence-electron chi connectivity index (χ1n) is 8.03. The molecule has 0 fully saturated rings. The van der Waals surface area contributed by atoms with Crippen molar-refractivity contribution in [3.63, 3.8) is 0 Å². The van der Waals surface area contributed by atoms with Gasteiger partial charge in [0.15, 0.2) is 5.11 Å². The number of anilines is 1. The van der Waals surface area contributed by atoms with Crippen LogP contribution in [0, 0.1) is 0 Å². The summed E-state index contributed by atoms with van der Waals surface area (Å²) in [6.45, 7) is 2.00. The molecule has 0 aliphatic heterocycles. The molecule has 7 heteroatoms. The molecule has 0 amide bonds. The summed E-state index contributed by atoms with van der Waals surface area (Å²) in [5, 5.41) is 6.87. The number of hydrogen-bond donors (Lipinski definition) is 2. The quantitative estimate of drug-likeness (QED) is 0.713. The summed E-state index contributed by atoms with van der Waals surface area (Å²) in [5.74, 6) is 2.87. The molecule has 0 aliphatic carbocycles. The molecule has 0 saturated carbocycles. The molecule has 0 bridgehead atoms. The highest BCUT2D eigenvalue weighted by Gasteiger charge is 2.14. The summed E-state index contributed by atoms with van der Waals surface area (Å²) >= 11 is 5.44. The lowest BCUT2D eigenvalue weighted by Gasteiger charge is -2.20. The van der Waals surface area contributed by atoms with E-state index < -0.39 is 0 Å². The fourth-order valence-electron chi connectivity index (χ4n) is 2.50. The maximum Gasteiger partial charge on any atom is 0.171 e. The van der Waals surface area contributed by atoms with Crippen molar-refractivity contribution in [2.24, 2.45) is 0 Å². The van der Waals surface area contributed by atoms with Crippen LogP contribution in [-0.2, 0) is 0 Å². The van der Waals surface area contributed by atoms with Gasteiger partial charge in [-0.3, -0.25) is 0 Å². The molecule has 0 aliphatic rings. The van der Waals surface area contributed by atoms with Crippen LogP contribution in [-0.4, -0.2) is 33.6 Å². The van der Waals surface area contributed by atoms with E-state index in [0.29, 0.717) is 16.6 Å². The molecule has 0 radical (unpaired) electrons. The van der Waals surface area contributed by atoms with Crippen LogP contribution in [0.4, 0.5) is 5.69 Å². The Morgan fingerprint density at radius 3 is 2.00 bits per heavy atom. The highest BCUT2D eigenvalue weighted by atomic mass is 32.1. The molecule has 2 aromatic rings. The van der Waals surface area contributed by atoms with Gasteiger partial charge >= 0.3 is 0 Å². The Morgan fingerprint density at radius 1 is 0.846 bits per heavy atom. The summed E-state index contributed by atoms with van der Waals surface area (Å²) in [6, 6.07) is 11.0. The SMILES string of the molecule is COc1cc(NC(=S)NC(C)c2cc(OC)ccc2OC)cc(OC)c1. The minimum Gasteiger partial charge on any atom is -0.497 e. The molecular weight excluding hydrogens is 352 g/mol. The largest absolute Gasteiger partial charge is 0.497 e. The van der Waals surface area contributed by atoms with E-state index >= 15 is 0 Å². The van der Waals surface area contributed by atoms with E-state index in [1.54, 1.807) is 34.5 Å². The van der Waals surface area contributed by atoms with Gasteiger partial charge in [0.1, 0.15) is 23.0 Å². The van der Waals surface area contributed by atoms with E-state index in [1.165, 1.54) is 0 Å². The zero-order valence-corrected chi connectivity index (χ0v) is 16.4. The van der Waals surface area contributed by atoms with Crippen LogP contribution < -0.4 is 29.6 Å². The topological polar surface area (TPSA) is 61.0 Å². The predicted octanol–water partition coefficient (Wildman–Crippen LogP) is 3.77. The fraction of sp³-hybridized carbons (Fsp3) is 0.316. The number of benzene rings is 2. The van der Waals surface area contributed by atoms with Gasteiger partial charge < -0.3 is 29.6 Å². The van der Waals surface area contributed by atoms with Crippen molar-refractivity contribution >= 4 is 23.0 Å². The summed E-state index contributed by atoms with van der Waals surface area (Å²) in [5.41, 5.74) is 1.71. The maximum absolute atomic E-state index is 5.44. The lowest BCUT2D eigenvalue weighted by Crippen LogP contribution is -2.31. The standard InChI is InChI=1S/C19H24N2O4S/c1-12(17-11-14(22-2)6-7-18(17)25-5)20-19(26)21-13-8-15(23-3)10-16(9-13)24-4/h6-12H,1-5H3,(H2,20,21,26). The lowest BCUT2D eigenvalue weighted by atomic mass is 10.1. The van der Waals surface area contributed by atoms with Crippen LogP contribution in [0.3, 0.4) is 0 Å². The average Bonchev–Trinajstić information content (AvgIpc) is 2.66. The third kappa shape index (κ3) is 4.92. The highest BCUT2D eigenvalue weighted by Crippen LogP contribution is 2.30. The Bertz CT molecular complexity index is 745. The summed E-state index contributed by atoms with van der Waals surface area (Å²) in [4.78, 5) is 0. The Balaban J connectivity index is 2.12. The fourth-order valence-corrected chi connectivity index (χ4v) is 2.79. The van der Waals surface area contributed by atoms with Crippen molar-refractivity contribution in [3.8, 4) is 23.0 Å². The predicted molar refractivity (Wildman–Crippen MR) is 107 cm³/mol. The van der Waals surface area contributed by atoms with Gasteiger partial charge in [-0.2, -0.15) is 0 Å². The molecule has 2 rings (SSSR count). The van der Waals surface area contributed by atoms with Gasteiger partial charge in [-0.25, -0.2) is 0 Å². The van der Waals surface area contributed by atoms with Crippen LogP contribution in [0.1, 0.15) is 18.5 Å². The van der Waals surface area contributed by atoms with E-state index in [4.69, 9.17) is 31.2 Å². The van der Waals surface area contributed by atoms with Crippen molar-refractivity contribution in [2.45, 2.75) is 13.0 Å². The number of rotatable bonds is 7. The van der Waals surface area contributed by atoms with Crippen LogP contribution in [0.15, 0.2) is 36.4 Å². The van der Waals surface area contributed by atoms with E-state index in [2.05, 4.69) is 10.6 Å². The molecule has 0 aromatic heterocycles. The molecule has 1 atom stereocenters. The first-order valence-corrected chi connectivity index (χ1v) is 8.44. The number of ether oxygens (including phenoxy) is 4. The van der Waals surface area contributed by atoms with Crippen molar-refractivity contribution in [3.05, 3.63) is 42.0 Å². The molecule has 0 heterocycles. The van der Waals surface area contributed by atoms with Crippen LogP contribution in [0.25, 0.3) is 0 Å². The molecule has 26 heavy (non-hydrogen) atoms. The van der Waals surface area contributed by atoms with Gasteiger partial charge in [0.2, 0.25) is 0 Å².